The maximum absolute atomic E-state index is 10.9. The fourth-order valence-corrected chi connectivity index (χ4v) is 2.96. The van der Waals surface area contributed by atoms with E-state index in [2.05, 4.69) is 0 Å². The van der Waals surface area contributed by atoms with Crippen LogP contribution in [0.2, 0.25) is 0 Å². The van der Waals surface area contributed by atoms with Crippen LogP contribution in [0.5, 0.6) is 11.5 Å². The number of hydrogen-bond donors (Lipinski definition) is 3. The molecular weight excluding hydrogens is 357 g/mol. The number of ether oxygens (including phenoxy) is 3. The van der Waals surface area contributed by atoms with E-state index in [1.165, 1.54) is 0 Å². The second-order valence-electron chi connectivity index (χ2n) is 6.07. The first-order chi connectivity index (χ1) is 12.2. The van der Waals surface area contributed by atoms with Crippen LogP contribution in [0.4, 0.5) is 5.69 Å². The minimum Gasteiger partial charge on any atom is -0.481 e. The van der Waals surface area contributed by atoms with Gasteiger partial charge >= 0.3 is 7.60 Å². The maximum Gasteiger partial charge on any atom is 0.362 e. The van der Waals surface area contributed by atoms with E-state index in [0.717, 1.165) is 22.3 Å². The van der Waals surface area contributed by atoms with E-state index in [0.29, 0.717) is 23.6 Å². The number of methoxy groups -OCH3 is 1. The van der Waals surface area contributed by atoms with E-state index in [-0.39, 0.29) is 6.79 Å². The molecule has 0 amide bonds. The molecule has 2 aromatic rings. The van der Waals surface area contributed by atoms with Crippen molar-refractivity contribution in [3.63, 3.8) is 0 Å². The lowest BCUT2D eigenvalue weighted by atomic mass is 9.95. The third-order valence-corrected chi connectivity index (χ3v) is 4.32. The Balaban J connectivity index is 2.16. The average Bonchev–Trinajstić information content (AvgIpc) is 2.55. The van der Waals surface area contributed by atoms with E-state index in [1.54, 1.807) is 19.2 Å². The van der Waals surface area contributed by atoms with Crippen LogP contribution in [-0.4, -0.2) is 30.0 Å². The second-order valence-corrected chi connectivity index (χ2v) is 7.66. The van der Waals surface area contributed by atoms with Gasteiger partial charge in [-0.3, -0.25) is 4.57 Å². The lowest BCUT2D eigenvalue weighted by Crippen LogP contribution is -2.03. The fraction of sp³-hybridized carbons (Fsp3) is 0.333. The number of hydrogen-bond acceptors (Lipinski definition) is 5. The van der Waals surface area contributed by atoms with Crippen LogP contribution >= 0.6 is 7.60 Å². The Morgan fingerprint density at radius 2 is 1.73 bits per heavy atom. The molecule has 0 radical (unpaired) electrons. The van der Waals surface area contributed by atoms with Crippen molar-refractivity contribution in [2.24, 2.45) is 0 Å². The Kier molecular flexibility index (Phi) is 6.67. The predicted molar refractivity (Wildman–Crippen MR) is 99.6 cm³/mol. The summed E-state index contributed by atoms with van der Waals surface area (Å²) in [4.78, 5) is 17.9. The summed E-state index contributed by atoms with van der Waals surface area (Å²) in [6.45, 7) is 4.01. The zero-order chi connectivity index (χ0) is 19.3. The summed E-state index contributed by atoms with van der Waals surface area (Å²) in [6.07, 6.45) is 0.0376. The molecule has 4 N–H and O–H groups in total. The molecule has 0 heterocycles. The molecule has 2 rings (SSSR count). The van der Waals surface area contributed by atoms with Gasteiger partial charge in [-0.15, -0.1) is 0 Å². The van der Waals surface area contributed by atoms with Gasteiger partial charge in [0.1, 0.15) is 11.5 Å². The molecule has 0 aliphatic carbocycles. The number of rotatable bonds is 8. The molecule has 2 aromatic carbocycles. The van der Waals surface area contributed by atoms with Crippen molar-refractivity contribution in [1.82, 2.24) is 0 Å². The Bertz CT molecular complexity index is 794. The summed E-state index contributed by atoms with van der Waals surface area (Å²) < 4.78 is 26.4. The molecule has 0 atom stereocenters. The molecular formula is C18H24NO6P. The van der Waals surface area contributed by atoms with Crippen LogP contribution < -0.4 is 15.2 Å². The van der Waals surface area contributed by atoms with Crippen molar-refractivity contribution in [3.8, 4) is 11.5 Å². The molecule has 26 heavy (non-hydrogen) atoms. The summed E-state index contributed by atoms with van der Waals surface area (Å²) in [5, 5.41) is 0. The van der Waals surface area contributed by atoms with E-state index >= 15 is 0 Å². The van der Waals surface area contributed by atoms with Crippen molar-refractivity contribution in [1.29, 1.82) is 0 Å². The van der Waals surface area contributed by atoms with Crippen molar-refractivity contribution in [2.45, 2.75) is 20.3 Å². The molecule has 0 bridgehead atoms. The molecule has 0 aliphatic rings. The first-order valence-electron chi connectivity index (χ1n) is 7.97. The van der Waals surface area contributed by atoms with Crippen LogP contribution in [-0.2, 0) is 15.7 Å². The first kappa shape index (κ1) is 20.3. The van der Waals surface area contributed by atoms with Crippen LogP contribution in [0.25, 0.3) is 0 Å². The highest BCUT2D eigenvalue weighted by Crippen LogP contribution is 2.35. The number of aryl methyl sites for hydroxylation is 2. The van der Waals surface area contributed by atoms with Gasteiger partial charge in [-0.25, -0.2) is 0 Å². The van der Waals surface area contributed by atoms with E-state index < -0.39 is 13.9 Å². The van der Waals surface area contributed by atoms with Gasteiger partial charge in [0.2, 0.25) is 0 Å². The second kappa shape index (κ2) is 8.56. The zero-order valence-corrected chi connectivity index (χ0v) is 16.0. The Morgan fingerprint density at radius 1 is 1.08 bits per heavy atom. The molecule has 0 unspecified atom stereocenters. The molecule has 0 saturated heterocycles. The molecule has 0 saturated carbocycles. The Morgan fingerprint density at radius 3 is 2.27 bits per heavy atom. The van der Waals surface area contributed by atoms with Gasteiger partial charge in [0, 0.05) is 7.11 Å². The lowest BCUT2D eigenvalue weighted by molar-refractivity contribution is 0.0516. The molecule has 0 fully saturated rings. The highest BCUT2D eigenvalue weighted by atomic mass is 31.2. The van der Waals surface area contributed by atoms with Gasteiger partial charge in [0.15, 0.2) is 13.1 Å². The van der Waals surface area contributed by atoms with Gasteiger partial charge in [-0.2, -0.15) is 0 Å². The van der Waals surface area contributed by atoms with E-state index in [1.807, 2.05) is 32.0 Å². The summed E-state index contributed by atoms with van der Waals surface area (Å²) in [5.41, 5.74) is 10.7. The molecule has 142 valence electrons. The molecule has 0 aliphatic heterocycles. The first-order valence-corrected chi connectivity index (χ1v) is 9.77. The smallest absolute Gasteiger partial charge is 0.362 e. The van der Waals surface area contributed by atoms with E-state index in [4.69, 9.17) is 29.7 Å². The zero-order valence-electron chi connectivity index (χ0n) is 15.1. The number of nitrogen functional groups attached to an aromatic ring is 1. The topological polar surface area (TPSA) is 111 Å². The summed E-state index contributed by atoms with van der Waals surface area (Å²) >= 11 is 0. The Labute approximate surface area is 152 Å². The van der Waals surface area contributed by atoms with Crippen molar-refractivity contribution in [2.75, 3.05) is 26.0 Å². The average molecular weight is 381 g/mol. The Hall–Kier alpha value is -2.05. The largest absolute Gasteiger partial charge is 0.481 e. The van der Waals surface area contributed by atoms with Gasteiger partial charge in [-0.1, -0.05) is 6.07 Å². The molecule has 7 nitrogen and oxygen atoms in total. The standard InChI is InChI=1S/C18H24NO6P/c1-12-6-15(25-11-26(20,21)22)7-13(2)16(12)8-14-4-5-18(17(19)9-14)24-10-23-3/h4-7,9H,8,10-11,19H2,1-3H3,(H2,20,21,22). The quantitative estimate of drug-likeness (QED) is 0.366. The van der Waals surface area contributed by atoms with Gasteiger partial charge in [0.05, 0.1) is 5.69 Å². The van der Waals surface area contributed by atoms with Gasteiger partial charge < -0.3 is 29.7 Å². The van der Waals surface area contributed by atoms with Crippen LogP contribution in [0.15, 0.2) is 30.3 Å². The van der Waals surface area contributed by atoms with Crippen LogP contribution in [0, 0.1) is 13.8 Å². The molecule has 0 aromatic heterocycles. The van der Waals surface area contributed by atoms with Crippen molar-refractivity contribution >= 4 is 13.3 Å². The highest BCUT2D eigenvalue weighted by molar-refractivity contribution is 7.51. The van der Waals surface area contributed by atoms with Crippen LogP contribution in [0.3, 0.4) is 0 Å². The summed E-state index contributed by atoms with van der Waals surface area (Å²) in [7, 11) is -2.66. The third-order valence-electron chi connectivity index (χ3n) is 3.86. The monoisotopic (exact) mass is 381 g/mol. The number of anilines is 1. The fourth-order valence-electron chi connectivity index (χ4n) is 2.64. The van der Waals surface area contributed by atoms with Crippen molar-refractivity contribution in [3.05, 3.63) is 52.6 Å². The lowest BCUT2D eigenvalue weighted by Gasteiger charge is -2.15. The van der Waals surface area contributed by atoms with Gasteiger partial charge in [-0.05, 0) is 66.8 Å². The van der Waals surface area contributed by atoms with Crippen molar-refractivity contribution < 1.29 is 28.6 Å². The third kappa shape index (κ3) is 5.75. The van der Waals surface area contributed by atoms with E-state index in [9.17, 15) is 4.57 Å². The summed E-state index contributed by atoms with van der Waals surface area (Å²) in [6, 6.07) is 9.17. The summed E-state index contributed by atoms with van der Waals surface area (Å²) in [5.74, 6) is 1.01. The minimum atomic E-state index is -4.20. The SMILES string of the molecule is COCOc1ccc(Cc2c(C)cc(OCP(=O)(O)O)cc2C)cc1N. The molecule has 0 spiro atoms. The van der Waals surface area contributed by atoms with Crippen LogP contribution in [0.1, 0.15) is 22.3 Å². The number of nitrogens with two attached hydrogens (primary N) is 1. The minimum absolute atomic E-state index is 0.137. The highest BCUT2D eigenvalue weighted by Gasteiger charge is 2.15. The predicted octanol–water partition coefficient (Wildman–Crippen LogP) is 2.97. The number of benzene rings is 2. The normalized spacial score (nSPS) is 11.4. The maximum atomic E-state index is 10.9. The molecule has 8 heteroatoms. The van der Waals surface area contributed by atoms with Gasteiger partial charge in [0.25, 0.3) is 0 Å².